The molecular weight excluding hydrogens is 182 g/mol. The number of hydrogen-bond donors (Lipinski definition) is 0. The Kier molecular flexibility index (Phi) is 1.61. The number of fused-ring (bicyclic) bond motifs is 1. The topological polar surface area (TPSA) is 23.8 Å². The van der Waals surface area contributed by atoms with Gasteiger partial charge < -0.3 is 0 Å². The lowest BCUT2D eigenvalue weighted by atomic mass is 9.93. The summed E-state index contributed by atoms with van der Waals surface area (Å²) >= 11 is 0. The van der Waals surface area contributed by atoms with Crippen molar-refractivity contribution in [3.8, 4) is 6.07 Å². The van der Waals surface area contributed by atoms with Crippen LogP contribution in [0.15, 0.2) is 54.6 Å². The van der Waals surface area contributed by atoms with Gasteiger partial charge in [-0.05, 0) is 5.56 Å². The van der Waals surface area contributed by atoms with Crippen molar-refractivity contribution in [2.45, 2.75) is 5.41 Å². The summed E-state index contributed by atoms with van der Waals surface area (Å²) in [6, 6.07) is 12.6. The van der Waals surface area contributed by atoms with Crippen molar-refractivity contribution in [1.29, 1.82) is 5.26 Å². The predicted octanol–water partition coefficient (Wildman–Crippen LogP) is 2.82. The van der Waals surface area contributed by atoms with Crippen molar-refractivity contribution in [3.63, 3.8) is 0 Å². The molecule has 0 radical (unpaired) electrons. The Bertz CT molecular complexity index is 458. The van der Waals surface area contributed by atoms with Crippen LogP contribution in [-0.4, -0.2) is 0 Å². The molecule has 2 atom stereocenters. The van der Waals surface area contributed by atoms with Gasteiger partial charge in [0, 0.05) is 11.8 Å². The lowest BCUT2D eigenvalue weighted by Crippen LogP contribution is -2.07. The monoisotopic (exact) mass is 193 g/mol. The van der Waals surface area contributed by atoms with Crippen LogP contribution in [0.2, 0.25) is 0 Å². The Balaban J connectivity index is 2.09. The van der Waals surface area contributed by atoms with E-state index in [1.807, 2.05) is 30.4 Å². The van der Waals surface area contributed by atoms with Gasteiger partial charge in [-0.1, -0.05) is 54.6 Å². The number of allylic oxidation sites excluding steroid dienone is 4. The van der Waals surface area contributed by atoms with E-state index >= 15 is 0 Å². The summed E-state index contributed by atoms with van der Waals surface area (Å²) in [5.41, 5.74) is 0.865. The SMILES string of the molecule is N#CC1(c2ccccc2)C2C=CC=CC21. The van der Waals surface area contributed by atoms with Crippen molar-refractivity contribution >= 4 is 0 Å². The predicted molar refractivity (Wildman–Crippen MR) is 59.0 cm³/mol. The molecule has 1 fully saturated rings. The zero-order valence-corrected chi connectivity index (χ0v) is 8.30. The molecule has 2 unspecified atom stereocenters. The second-order valence-corrected chi connectivity index (χ2v) is 4.17. The Morgan fingerprint density at radius 3 is 2.13 bits per heavy atom. The first-order valence-electron chi connectivity index (χ1n) is 5.21. The maximum Gasteiger partial charge on any atom is 0.0959 e. The minimum atomic E-state index is -0.287. The summed E-state index contributed by atoms with van der Waals surface area (Å²) in [6.07, 6.45) is 8.40. The molecule has 0 aromatic heterocycles. The molecule has 3 rings (SSSR count). The van der Waals surface area contributed by atoms with E-state index in [4.69, 9.17) is 0 Å². The molecule has 0 aliphatic heterocycles. The van der Waals surface area contributed by atoms with Crippen LogP contribution >= 0.6 is 0 Å². The highest BCUT2D eigenvalue weighted by atomic mass is 14.6. The molecule has 1 aromatic carbocycles. The van der Waals surface area contributed by atoms with Crippen LogP contribution in [0.5, 0.6) is 0 Å². The molecule has 0 bridgehead atoms. The summed E-state index contributed by atoms with van der Waals surface area (Å²) < 4.78 is 0. The van der Waals surface area contributed by atoms with E-state index in [1.165, 1.54) is 0 Å². The first-order valence-corrected chi connectivity index (χ1v) is 5.21. The minimum Gasteiger partial charge on any atom is -0.197 e. The third kappa shape index (κ3) is 0.966. The lowest BCUT2D eigenvalue weighted by molar-refractivity contribution is 0.824. The Hall–Kier alpha value is -1.81. The fourth-order valence-corrected chi connectivity index (χ4v) is 2.67. The lowest BCUT2D eigenvalue weighted by Gasteiger charge is -2.07. The largest absolute Gasteiger partial charge is 0.197 e. The molecule has 1 saturated carbocycles. The molecule has 72 valence electrons. The molecule has 0 N–H and O–H groups in total. The van der Waals surface area contributed by atoms with E-state index in [2.05, 4.69) is 30.4 Å². The summed E-state index contributed by atoms with van der Waals surface area (Å²) in [7, 11) is 0. The summed E-state index contributed by atoms with van der Waals surface area (Å²) in [5.74, 6) is 0.768. The maximum atomic E-state index is 9.42. The molecule has 0 amide bonds. The average molecular weight is 193 g/mol. The average Bonchev–Trinajstić information content (AvgIpc) is 3.00. The molecule has 0 spiro atoms. The number of nitrogens with zero attached hydrogens (tertiary/aromatic N) is 1. The Morgan fingerprint density at radius 2 is 1.60 bits per heavy atom. The highest BCUT2D eigenvalue weighted by Gasteiger charge is 2.64. The second kappa shape index (κ2) is 2.84. The normalized spacial score (nSPS) is 35.7. The van der Waals surface area contributed by atoms with Gasteiger partial charge in [-0.25, -0.2) is 0 Å². The molecule has 1 heteroatoms. The highest BCUT2D eigenvalue weighted by molar-refractivity contribution is 5.51. The Morgan fingerprint density at radius 1 is 1.00 bits per heavy atom. The molecular formula is C14H11N. The standard InChI is InChI=1S/C14H11N/c15-10-14(11-6-2-1-3-7-11)12-8-4-5-9-13(12)14/h1-9,12-13H. The quantitative estimate of drug-likeness (QED) is 0.672. The molecule has 1 nitrogen and oxygen atoms in total. The fourth-order valence-electron chi connectivity index (χ4n) is 2.67. The molecule has 2 aliphatic rings. The van der Waals surface area contributed by atoms with Crippen LogP contribution in [0.4, 0.5) is 0 Å². The molecule has 1 aromatic rings. The van der Waals surface area contributed by atoms with Gasteiger partial charge in [-0.2, -0.15) is 5.26 Å². The van der Waals surface area contributed by atoms with Gasteiger partial charge in [-0.3, -0.25) is 0 Å². The maximum absolute atomic E-state index is 9.42. The van der Waals surface area contributed by atoms with Crippen LogP contribution in [0.1, 0.15) is 5.56 Å². The molecule has 2 aliphatic carbocycles. The van der Waals surface area contributed by atoms with E-state index < -0.39 is 0 Å². The van der Waals surface area contributed by atoms with Crippen LogP contribution in [0.25, 0.3) is 0 Å². The molecule has 15 heavy (non-hydrogen) atoms. The third-order valence-corrected chi connectivity index (χ3v) is 3.51. The first-order chi connectivity index (χ1) is 7.39. The highest BCUT2D eigenvalue weighted by Crippen LogP contribution is 2.62. The van der Waals surface area contributed by atoms with Crippen molar-refractivity contribution in [2.75, 3.05) is 0 Å². The van der Waals surface area contributed by atoms with E-state index in [0.717, 1.165) is 5.56 Å². The number of rotatable bonds is 1. The van der Waals surface area contributed by atoms with Crippen LogP contribution < -0.4 is 0 Å². The summed E-state index contributed by atoms with van der Waals surface area (Å²) in [4.78, 5) is 0. The van der Waals surface area contributed by atoms with Crippen LogP contribution in [0, 0.1) is 23.2 Å². The van der Waals surface area contributed by atoms with E-state index in [1.54, 1.807) is 0 Å². The van der Waals surface area contributed by atoms with Gasteiger partial charge in [0.05, 0.1) is 11.5 Å². The summed E-state index contributed by atoms with van der Waals surface area (Å²) in [6.45, 7) is 0. The molecule has 0 heterocycles. The van der Waals surface area contributed by atoms with Gasteiger partial charge in [0.1, 0.15) is 0 Å². The first kappa shape index (κ1) is 8.49. The van der Waals surface area contributed by atoms with Crippen molar-refractivity contribution in [3.05, 3.63) is 60.2 Å². The van der Waals surface area contributed by atoms with E-state index in [-0.39, 0.29) is 5.41 Å². The number of hydrogen-bond acceptors (Lipinski definition) is 1. The van der Waals surface area contributed by atoms with Crippen LogP contribution in [-0.2, 0) is 5.41 Å². The van der Waals surface area contributed by atoms with Gasteiger partial charge in [-0.15, -0.1) is 0 Å². The van der Waals surface area contributed by atoms with Crippen molar-refractivity contribution in [2.24, 2.45) is 11.8 Å². The van der Waals surface area contributed by atoms with Crippen molar-refractivity contribution < 1.29 is 0 Å². The van der Waals surface area contributed by atoms with Gasteiger partial charge >= 0.3 is 0 Å². The summed E-state index contributed by atoms with van der Waals surface area (Å²) in [5, 5.41) is 9.42. The van der Waals surface area contributed by atoms with E-state index in [0.29, 0.717) is 11.8 Å². The van der Waals surface area contributed by atoms with Gasteiger partial charge in [0.2, 0.25) is 0 Å². The minimum absolute atomic E-state index is 0.287. The van der Waals surface area contributed by atoms with Crippen molar-refractivity contribution in [1.82, 2.24) is 0 Å². The van der Waals surface area contributed by atoms with Gasteiger partial charge in [0.25, 0.3) is 0 Å². The number of benzene rings is 1. The smallest absolute Gasteiger partial charge is 0.0959 e. The second-order valence-electron chi connectivity index (χ2n) is 4.17. The fraction of sp³-hybridized carbons (Fsp3) is 0.214. The Labute approximate surface area is 89.4 Å². The zero-order chi connectivity index (χ0) is 10.3. The zero-order valence-electron chi connectivity index (χ0n) is 8.30. The third-order valence-electron chi connectivity index (χ3n) is 3.51. The van der Waals surface area contributed by atoms with Crippen LogP contribution in [0.3, 0.4) is 0 Å². The number of nitriles is 1. The van der Waals surface area contributed by atoms with Gasteiger partial charge in [0.15, 0.2) is 0 Å². The molecule has 0 saturated heterocycles. The van der Waals surface area contributed by atoms with E-state index in [9.17, 15) is 5.26 Å².